The van der Waals surface area contributed by atoms with Crippen molar-refractivity contribution in [2.75, 3.05) is 38.3 Å². The Bertz CT molecular complexity index is 346. The summed E-state index contributed by atoms with van der Waals surface area (Å²) in [6, 6.07) is 7.63. The maximum atomic E-state index is 11.4. The summed E-state index contributed by atoms with van der Waals surface area (Å²) in [6.07, 6.45) is 0.522. The van der Waals surface area contributed by atoms with Gasteiger partial charge in [0, 0.05) is 45.5 Å². The van der Waals surface area contributed by atoms with Crippen LogP contribution in [0.15, 0.2) is 24.3 Å². The molecule has 1 aromatic rings. The second-order valence-electron chi connectivity index (χ2n) is 4.05. The molecule has 1 rings (SSSR count). The van der Waals surface area contributed by atoms with Crippen molar-refractivity contribution in [1.29, 1.82) is 0 Å². The predicted molar refractivity (Wildman–Crippen MR) is 67.4 cm³/mol. The molecule has 16 heavy (non-hydrogen) atoms. The van der Waals surface area contributed by atoms with E-state index in [-0.39, 0.29) is 5.91 Å². The molecule has 0 spiro atoms. The molecule has 0 saturated carbocycles. The highest BCUT2D eigenvalue weighted by Gasteiger charge is 2.06. The van der Waals surface area contributed by atoms with Crippen molar-refractivity contribution in [3.05, 3.63) is 24.3 Å². The Hall–Kier alpha value is -1.71. The molecule has 0 aliphatic carbocycles. The van der Waals surface area contributed by atoms with Gasteiger partial charge in [-0.2, -0.15) is 0 Å². The number of hydrogen-bond donors (Lipinski definition) is 1. The fourth-order valence-electron chi connectivity index (χ4n) is 1.34. The van der Waals surface area contributed by atoms with Gasteiger partial charge >= 0.3 is 0 Å². The van der Waals surface area contributed by atoms with Gasteiger partial charge in [-0.3, -0.25) is 4.79 Å². The molecule has 0 bridgehead atoms. The summed E-state index contributed by atoms with van der Waals surface area (Å²) >= 11 is 0. The number of nitrogen functional groups attached to an aromatic ring is 1. The van der Waals surface area contributed by atoms with Crippen LogP contribution in [0.2, 0.25) is 0 Å². The third-order valence-electron chi connectivity index (χ3n) is 2.49. The fraction of sp³-hybridized carbons (Fsp3) is 0.417. The van der Waals surface area contributed by atoms with E-state index >= 15 is 0 Å². The molecule has 0 unspecified atom stereocenters. The first-order valence-corrected chi connectivity index (χ1v) is 5.27. The van der Waals surface area contributed by atoms with Crippen LogP contribution in [-0.4, -0.2) is 38.5 Å². The summed E-state index contributed by atoms with van der Waals surface area (Å²) in [5.74, 6) is 0.141. The summed E-state index contributed by atoms with van der Waals surface area (Å²) < 4.78 is 0. The number of carbonyl (C=O) groups is 1. The number of hydrogen-bond acceptors (Lipinski definition) is 3. The Balaban J connectivity index is 2.49. The minimum Gasteiger partial charge on any atom is -0.399 e. The quantitative estimate of drug-likeness (QED) is 0.777. The van der Waals surface area contributed by atoms with E-state index in [0.29, 0.717) is 13.0 Å². The van der Waals surface area contributed by atoms with Crippen LogP contribution in [0.3, 0.4) is 0 Å². The molecule has 0 aliphatic heterocycles. The topological polar surface area (TPSA) is 49.6 Å². The molecule has 0 atom stereocenters. The summed E-state index contributed by atoms with van der Waals surface area (Å²) in [6.45, 7) is 0.709. The van der Waals surface area contributed by atoms with Crippen molar-refractivity contribution >= 4 is 17.3 Å². The maximum Gasteiger partial charge on any atom is 0.223 e. The minimum atomic E-state index is 0.141. The van der Waals surface area contributed by atoms with Crippen LogP contribution in [0.5, 0.6) is 0 Å². The molecule has 4 nitrogen and oxygen atoms in total. The number of rotatable bonds is 4. The number of benzene rings is 1. The van der Waals surface area contributed by atoms with Crippen LogP contribution in [0.1, 0.15) is 6.42 Å². The van der Waals surface area contributed by atoms with Crippen LogP contribution in [0.25, 0.3) is 0 Å². The highest BCUT2D eigenvalue weighted by atomic mass is 16.2. The normalized spacial score (nSPS) is 9.94. The van der Waals surface area contributed by atoms with E-state index in [2.05, 4.69) is 0 Å². The highest BCUT2D eigenvalue weighted by molar-refractivity contribution is 5.76. The number of anilines is 2. The Kier molecular flexibility index (Phi) is 4.17. The van der Waals surface area contributed by atoms with Crippen molar-refractivity contribution < 1.29 is 4.79 Å². The lowest BCUT2D eigenvalue weighted by molar-refractivity contribution is -0.128. The molecule has 0 aliphatic rings. The minimum absolute atomic E-state index is 0.141. The SMILES string of the molecule is CN(C)C(=O)CCN(C)c1ccc(N)cc1. The van der Waals surface area contributed by atoms with E-state index in [4.69, 9.17) is 5.73 Å². The van der Waals surface area contributed by atoms with Gasteiger partial charge in [-0.25, -0.2) is 0 Å². The first-order chi connectivity index (χ1) is 7.50. The lowest BCUT2D eigenvalue weighted by atomic mass is 10.2. The first kappa shape index (κ1) is 12.4. The largest absolute Gasteiger partial charge is 0.399 e. The number of nitrogens with zero attached hydrogens (tertiary/aromatic N) is 2. The van der Waals surface area contributed by atoms with E-state index < -0.39 is 0 Å². The predicted octanol–water partition coefficient (Wildman–Crippen LogP) is 1.18. The fourth-order valence-corrected chi connectivity index (χ4v) is 1.34. The number of nitrogens with two attached hydrogens (primary N) is 1. The smallest absolute Gasteiger partial charge is 0.223 e. The lowest BCUT2D eigenvalue weighted by Crippen LogP contribution is -2.27. The molecule has 0 heterocycles. The van der Waals surface area contributed by atoms with Gasteiger partial charge in [0.1, 0.15) is 0 Å². The van der Waals surface area contributed by atoms with E-state index in [1.54, 1.807) is 19.0 Å². The Morgan fingerprint density at radius 2 is 1.75 bits per heavy atom. The van der Waals surface area contributed by atoms with E-state index in [9.17, 15) is 4.79 Å². The summed E-state index contributed by atoms with van der Waals surface area (Å²) in [4.78, 5) is 15.1. The van der Waals surface area contributed by atoms with Gasteiger partial charge in [-0.05, 0) is 24.3 Å². The molecular formula is C12H19N3O. The zero-order chi connectivity index (χ0) is 12.1. The summed E-state index contributed by atoms with van der Waals surface area (Å²) in [7, 11) is 5.51. The standard InChI is InChI=1S/C12H19N3O/c1-14(2)12(16)8-9-15(3)11-6-4-10(13)5-7-11/h4-7H,8-9,13H2,1-3H3. The van der Waals surface area contributed by atoms with Crippen molar-refractivity contribution in [1.82, 2.24) is 4.90 Å². The molecule has 0 saturated heterocycles. The average molecular weight is 221 g/mol. The van der Waals surface area contributed by atoms with Crippen LogP contribution < -0.4 is 10.6 Å². The molecule has 4 heteroatoms. The molecular weight excluding hydrogens is 202 g/mol. The van der Waals surface area contributed by atoms with Crippen molar-refractivity contribution in [3.8, 4) is 0 Å². The summed E-state index contributed by atoms with van der Waals surface area (Å²) in [5, 5.41) is 0. The highest BCUT2D eigenvalue weighted by Crippen LogP contribution is 2.14. The van der Waals surface area contributed by atoms with Gasteiger partial charge in [0.2, 0.25) is 5.91 Å². The first-order valence-electron chi connectivity index (χ1n) is 5.27. The van der Waals surface area contributed by atoms with Gasteiger partial charge in [0.05, 0.1) is 0 Å². The average Bonchev–Trinajstić information content (AvgIpc) is 2.26. The van der Waals surface area contributed by atoms with Crippen LogP contribution in [0.4, 0.5) is 11.4 Å². The summed E-state index contributed by atoms with van der Waals surface area (Å²) in [5.41, 5.74) is 7.43. The van der Waals surface area contributed by atoms with Gasteiger partial charge in [-0.15, -0.1) is 0 Å². The van der Waals surface area contributed by atoms with Crippen molar-refractivity contribution in [2.45, 2.75) is 6.42 Å². The van der Waals surface area contributed by atoms with Gasteiger partial charge in [0.25, 0.3) is 0 Å². The maximum absolute atomic E-state index is 11.4. The van der Waals surface area contributed by atoms with Gasteiger partial charge < -0.3 is 15.5 Å². The van der Waals surface area contributed by atoms with E-state index in [0.717, 1.165) is 11.4 Å². The van der Waals surface area contributed by atoms with Gasteiger partial charge in [0.15, 0.2) is 0 Å². The van der Waals surface area contributed by atoms with Crippen molar-refractivity contribution in [2.24, 2.45) is 0 Å². The third-order valence-corrected chi connectivity index (χ3v) is 2.49. The van der Waals surface area contributed by atoms with E-state index in [1.807, 2.05) is 36.2 Å². The Morgan fingerprint density at radius 3 is 2.25 bits per heavy atom. The van der Waals surface area contributed by atoms with Crippen LogP contribution >= 0.6 is 0 Å². The number of carbonyl (C=O) groups excluding carboxylic acids is 1. The molecule has 1 amide bonds. The van der Waals surface area contributed by atoms with Crippen LogP contribution in [-0.2, 0) is 4.79 Å². The molecule has 88 valence electrons. The van der Waals surface area contributed by atoms with Crippen molar-refractivity contribution in [3.63, 3.8) is 0 Å². The molecule has 2 N–H and O–H groups in total. The Morgan fingerprint density at radius 1 is 1.19 bits per heavy atom. The second kappa shape index (κ2) is 5.39. The zero-order valence-corrected chi connectivity index (χ0v) is 10.1. The number of amides is 1. The molecule has 1 aromatic carbocycles. The van der Waals surface area contributed by atoms with Crippen LogP contribution in [0, 0.1) is 0 Å². The zero-order valence-electron chi connectivity index (χ0n) is 10.1. The second-order valence-corrected chi connectivity index (χ2v) is 4.05. The molecule has 0 aromatic heterocycles. The van der Waals surface area contributed by atoms with Gasteiger partial charge in [-0.1, -0.05) is 0 Å². The molecule has 0 radical (unpaired) electrons. The third kappa shape index (κ3) is 3.46. The molecule has 0 fully saturated rings. The van der Waals surface area contributed by atoms with E-state index in [1.165, 1.54) is 0 Å². The Labute approximate surface area is 96.6 Å². The lowest BCUT2D eigenvalue weighted by Gasteiger charge is -2.20. The monoisotopic (exact) mass is 221 g/mol.